The van der Waals surface area contributed by atoms with Crippen LogP contribution >= 0.6 is 0 Å². The molecule has 1 heterocycles. The minimum atomic E-state index is -0.339. The summed E-state index contributed by atoms with van der Waals surface area (Å²) in [6.07, 6.45) is 0. The lowest BCUT2D eigenvalue weighted by molar-refractivity contribution is 0.102. The molecule has 2 aromatic carbocycles. The maximum absolute atomic E-state index is 13.0. The van der Waals surface area contributed by atoms with Crippen LogP contribution in [0.5, 0.6) is 0 Å². The smallest absolute Gasteiger partial charge is 0.273 e. The van der Waals surface area contributed by atoms with Crippen molar-refractivity contribution in [1.29, 1.82) is 0 Å². The highest BCUT2D eigenvalue weighted by Crippen LogP contribution is 2.20. The molecule has 6 heteroatoms. The number of aromatic nitrogens is 2. The fraction of sp³-hybridized carbons (Fsp3) is 0.111. The predicted octanol–water partition coefficient (Wildman–Crippen LogP) is 3.27. The average Bonchev–Trinajstić information content (AvgIpc) is 3.07. The van der Waals surface area contributed by atoms with Crippen LogP contribution < -0.4 is 5.32 Å². The van der Waals surface area contributed by atoms with Gasteiger partial charge in [-0.2, -0.15) is 5.10 Å². The highest BCUT2D eigenvalue weighted by molar-refractivity contribution is 6.03. The first-order chi connectivity index (χ1) is 11.6. The Labute approximate surface area is 138 Å². The highest BCUT2D eigenvalue weighted by atomic mass is 19.1. The summed E-state index contributed by atoms with van der Waals surface area (Å²) in [4.78, 5) is 12.4. The summed E-state index contributed by atoms with van der Waals surface area (Å²) >= 11 is 0. The molecular weight excluding hydrogens is 309 g/mol. The number of hydrogen-bond acceptors (Lipinski definition) is 3. The predicted molar refractivity (Wildman–Crippen MR) is 89.0 cm³/mol. The SMILES string of the molecule is Cc1ccc(CO)cc1NC(=O)c1cc(-c2ccc(F)cc2)n[nH]1. The van der Waals surface area contributed by atoms with E-state index in [1.54, 1.807) is 30.3 Å². The summed E-state index contributed by atoms with van der Waals surface area (Å²) < 4.78 is 13.0. The Kier molecular flexibility index (Phi) is 4.39. The van der Waals surface area contributed by atoms with Crippen LogP contribution in [0.2, 0.25) is 0 Å². The molecule has 0 unspecified atom stereocenters. The number of halogens is 1. The van der Waals surface area contributed by atoms with Crippen LogP contribution in [0.25, 0.3) is 11.3 Å². The summed E-state index contributed by atoms with van der Waals surface area (Å²) in [7, 11) is 0. The van der Waals surface area contributed by atoms with Gasteiger partial charge in [-0.1, -0.05) is 12.1 Å². The molecule has 0 bridgehead atoms. The molecule has 5 nitrogen and oxygen atoms in total. The highest BCUT2D eigenvalue weighted by Gasteiger charge is 2.12. The Hall–Kier alpha value is -2.99. The van der Waals surface area contributed by atoms with E-state index in [4.69, 9.17) is 0 Å². The van der Waals surface area contributed by atoms with Crippen LogP contribution in [0.3, 0.4) is 0 Å². The molecular formula is C18H16FN3O2. The zero-order valence-electron chi connectivity index (χ0n) is 13.0. The normalized spacial score (nSPS) is 10.6. The quantitative estimate of drug-likeness (QED) is 0.689. The molecule has 3 aromatic rings. The van der Waals surface area contributed by atoms with Crippen molar-refractivity contribution < 1.29 is 14.3 Å². The molecule has 0 aliphatic carbocycles. The summed E-state index contributed by atoms with van der Waals surface area (Å²) in [6, 6.07) is 12.8. The molecule has 0 saturated heterocycles. The van der Waals surface area contributed by atoms with Crippen molar-refractivity contribution in [2.45, 2.75) is 13.5 Å². The molecule has 0 saturated carbocycles. The monoisotopic (exact) mass is 325 g/mol. The maximum Gasteiger partial charge on any atom is 0.273 e. The molecule has 122 valence electrons. The van der Waals surface area contributed by atoms with Gasteiger partial charge in [-0.3, -0.25) is 9.89 Å². The first kappa shape index (κ1) is 15.9. The average molecular weight is 325 g/mol. The van der Waals surface area contributed by atoms with Gasteiger partial charge in [0.05, 0.1) is 12.3 Å². The number of carbonyl (C=O) groups excluding carboxylic acids is 1. The lowest BCUT2D eigenvalue weighted by Gasteiger charge is -2.08. The van der Waals surface area contributed by atoms with E-state index in [1.807, 2.05) is 13.0 Å². The van der Waals surface area contributed by atoms with E-state index in [-0.39, 0.29) is 18.3 Å². The Morgan fingerprint density at radius 1 is 1.21 bits per heavy atom. The molecule has 0 aliphatic heterocycles. The fourth-order valence-corrected chi connectivity index (χ4v) is 2.30. The van der Waals surface area contributed by atoms with Crippen LogP contribution in [0, 0.1) is 12.7 Å². The zero-order valence-corrected chi connectivity index (χ0v) is 13.0. The first-order valence-corrected chi connectivity index (χ1v) is 7.40. The Morgan fingerprint density at radius 2 is 1.96 bits per heavy atom. The second-order valence-corrected chi connectivity index (χ2v) is 5.44. The van der Waals surface area contributed by atoms with E-state index in [9.17, 15) is 14.3 Å². The van der Waals surface area contributed by atoms with Crippen molar-refractivity contribution >= 4 is 11.6 Å². The van der Waals surface area contributed by atoms with Gasteiger partial charge in [0.25, 0.3) is 5.91 Å². The second-order valence-electron chi connectivity index (χ2n) is 5.44. The van der Waals surface area contributed by atoms with Crippen LogP contribution in [0.1, 0.15) is 21.6 Å². The molecule has 3 rings (SSSR count). The number of H-pyrrole nitrogens is 1. The van der Waals surface area contributed by atoms with E-state index in [0.717, 1.165) is 5.56 Å². The number of aliphatic hydroxyl groups is 1. The van der Waals surface area contributed by atoms with Gasteiger partial charge in [0, 0.05) is 11.3 Å². The first-order valence-electron chi connectivity index (χ1n) is 7.40. The number of aromatic amines is 1. The third-order valence-corrected chi connectivity index (χ3v) is 3.70. The number of nitrogens with zero attached hydrogens (tertiary/aromatic N) is 1. The number of amides is 1. The minimum Gasteiger partial charge on any atom is -0.392 e. The van der Waals surface area contributed by atoms with E-state index >= 15 is 0 Å². The number of aryl methyl sites for hydroxylation is 1. The minimum absolute atomic E-state index is 0.0953. The molecule has 0 aliphatic rings. The van der Waals surface area contributed by atoms with Crippen LogP contribution in [-0.2, 0) is 6.61 Å². The third-order valence-electron chi connectivity index (χ3n) is 3.70. The van der Waals surface area contributed by atoms with E-state index in [1.165, 1.54) is 12.1 Å². The molecule has 1 aromatic heterocycles. The van der Waals surface area contributed by atoms with Crippen LogP contribution in [0.15, 0.2) is 48.5 Å². The van der Waals surface area contributed by atoms with Crippen LogP contribution in [0.4, 0.5) is 10.1 Å². The summed E-state index contributed by atoms with van der Waals surface area (Å²) in [5, 5.41) is 18.8. The number of benzene rings is 2. The van der Waals surface area contributed by atoms with E-state index < -0.39 is 0 Å². The summed E-state index contributed by atoms with van der Waals surface area (Å²) in [5.74, 6) is -0.666. The van der Waals surface area contributed by atoms with Crippen molar-refractivity contribution in [3.63, 3.8) is 0 Å². The largest absolute Gasteiger partial charge is 0.392 e. The Balaban J connectivity index is 1.80. The number of carbonyl (C=O) groups is 1. The summed E-state index contributed by atoms with van der Waals surface area (Å²) in [6.45, 7) is 1.77. The topological polar surface area (TPSA) is 78.0 Å². The number of rotatable bonds is 4. The number of anilines is 1. The van der Waals surface area contributed by atoms with E-state index in [2.05, 4.69) is 15.5 Å². The molecule has 0 fully saturated rings. The van der Waals surface area contributed by atoms with Gasteiger partial charge in [0.15, 0.2) is 0 Å². The van der Waals surface area contributed by atoms with Crippen LogP contribution in [-0.4, -0.2) is 21.2 Å². The Morgan fingerprint density at radius 3 is 2.67 bits per heavy atom. The number of aliphatic hydroxyl groups excluding tert-OH is 1. The van der Waals surface area contributed by atoms with Gasteiger partial charge in [-0.25, -0.2) is 4.39 Å². The molecule has 24 heavy (non-hydrogen) atoms. The van der Waals surface area contributed by atoms with Crippen molar-refractivity contribution in [2.75, 3.05) is 5.32 Å². The van der Waals surface area contributed by atoms with Crippen molar-refractivity contribution in [3.8, 4) is 11.3 Å². The van der Waals surface area contributed by atoms with Gasteiger partial charge < -0.3 is 10.4 Å². The molecule has 0 atom stereocenters. The summed E-state index contributed by atoms with van der Waals surface area (Å²) in [5.41, 5.74) is 3.80. The van der Waals surface area contributed by atoms with Gasteiger partial charge >= 0.3 is 0 Å². The third kappa shape index (κ3) is 3.33. The Bertz CT molecular complexity index is 872. The van der Waals surface area contributed by atoms with Crippen molar-refractivity contribution in [1.82, 2.24) is 10.2 Å². The van der Waals surface area contributed by atoms with Crippen molar-refractivity contribution in [2.24, 2.45) is 0 Å². The van der Waals surface area contributed by atoms with Gasteiger partial charge in [0.2, 0.25) is 0 Å². The fourth-order valence-electron chi connectivity index (χ4n) is 2.30. The molecule has 1 amide bonds. The van der Waals surface area contributed by atoms with Gasteiger partial charge in [0.1, 0.15) is 11.5 Å². The lowest BCUT2D eigenvalue weighted by Crippen LogP contribution is -2.13. The van der Waals surface area contributed by atoms with Crippen molar-refractivity contribution in [3.05, 3.63) is 71.2 Å². The molecule has 3 N–H and O–H groups in total. The van der Waals surface area contributed by atoms with E-state index in [0.29, 0.717) is 28.2 Å². The number of nitrogens with one attached hydrogen (secondary N) is 2. The number of hydrogen-bond donors (Lipinski definition) is 3. The zero-order chi connectivity index (χ0) is 17.1. The van der Waals surface area contributed by atoms with Gasteiger partial charge in [-0.15, -0.1) is 0 Å². The van der Waals surface area contributed by atoms with Gasteiger partial charge in [-0.05, 0) is 54.4 Å². The maximum atomic E-state index is 13.0. The lowest BCUT2D eigenvalue weighted by atomic mass is 10.1. The molecule has 0 radical (unpaired) electrons. The standard InChI is InChI=1S/C18H16FN3O2/c1-11-2-3-12(10-23)8-15(11)20-18(24)17-9-16(21-22-17)13-4-6-14(19)7-5-13/h2-9,23H,10H2,1H3,(H,20,24)(H,21,22). The second kappa shape index (κ2) is 6.64. The molecule has 0 spiro atoms.